The Morgan fingerprint density at radius 1 is 1.35 bits per heavy atom. The Labute approximate surface area is 188 Å². The Hall–Kier alpha value is -3.34. The van der Waals surface area contributed by atoms with Crippen LogP contribution in [0.1, 0.15) is 18.4 Å². The third kappa shape index (κ3) is 5.43. The molecule has 0 aliphatic rings. The minimum absolute atomic E-state index is 0.0456. The lowest BCUT2D eigenvalue weighted by Gasteiger charge is -2.11. The van der Waals surface area contributed by atoms with Gasteiger partial charge in [-0.2, -0.15) is 5.26 Å². The van der Waals surface area contributed by atoms with Crippen molar-refractivity contribution in [2.45, 2.75) is 13.3 Å². The van der Waals surface area contributed by atoms with Crippen molar-refractivity contribution < 1.29 is 13.5 Å². The van der Waals surface area contributed by atoms with Crippen molar-refractivity contribution in [1.82, 2.24) is 14.8 Å². The summed E-state index contributed by atoms with van der Waals surface area (Å²) in [4.78, 5) is 0. The summed E-state index contributed by atoms with van der Waals surface area (Å²) in [7, 11) is 1.85. The number of benzene rings is 1. The Morgan fingerprint density at radius 2 is 2.13 bits per heavy atom. The molecule has 3 rings (SSSR count). The zero-order chi connectivity index (χ0) is 22.5. The van der Waals surface area contributed by atoms with Crippen LogP contribution in [0.4, 0.5) is 4.39 Å². The highest BCUT2D eigenvalue weighted by atomic mass is 35.5. The number of hydrogen-bond donors (Lipinski definition) is 0. The number of nitriles is 1. The first-order valence-electron chi connectivity index (χ1n) is 9.01. The maximum atomic E-state index is 15.1. The highest BCUT2D eigenvalue weighted by Gasteiger charge is 2.18. The van der Waals surface area contributed by atoms with Crippen molar-refractivity contribution in [2.24, 2.45) is 7.05 Å². The van der Waals surface area contributed by atoms with Crippen LogP contribution in [-0.2, 0) is 13.5 Å². The summed E-state index contributed by atoms with van der Waals surface area (Å²) in [5.41, 5.74) is 1.40. The zero-order valence-corrected chi connectivity index (χ0v) is 18.2. The molecule has 0 saturated carbocycles. The van der Waals surface area contributed by atoms with Crippen LogP contribution in [0.5, 0.6) is 5.75 Å². The van der Waals surface area contributed by atoms with Gasteiger partial charge >= 0.3 is 0 Å². The lowest BCUT2D eigenvalue weighted by molar-refractivity contribution is 0.410. The first-order valence-corrected chi connectivity index (χ1v) is 9.77. The molecule has 2 heterocycles. The second kappa shape index (κ2) is 9.65. The molecule has 3 aromatic rings. The third-order valence-corrected chi connectivity index (χ3v) is 4.68. The molecule has 158 valence electrons. The lowest BCUT2D eigenvalue weighted by Crippen LogP contribution is -2.00. The molecule has 0 radical (unpaired) electrons. The number of allylic oxidation sites excluding steroid dienone is 4. The van der Waals surface area contributed by atoms with Gasteiger partial charge in [0.25, 0.3) is 5.89 Å². The smallest absolute Gasteiger partial charge is 0.264 e. The number of rotatable bonds is 7. The summed E-state index contributed by atoms with van der Waals surface area (Å²) in [5, 5.41) is 17.1. The number of halogens is 3. The van der Waals surface area contributed by atoms with Gasteiger partial charge < -0.3 is 13.7 Å². The third-order valence-electron chi connectivity index (χ3n) is 4.16. The molecule has 0 aliphatic carbocycles. The van der Waals surface area contributed by atoms with Gasteiger partial charge in [-0.1, -0.05) is 35.8 Å². The fourth-order valence-electron chi connectivity index (χ4n) is 2.67. The van der Waals surface area contributed by atoms with E-state index in [0.717, 1.165) is 5.69 Å². The molecule has 0 amide bonds. The lowest BCUT2D eigenvalue weighted by atomic mass is 10.1. The predicted octanol–water partition coefficient (Wildman–Crippen LogP) is 5.94. The quantitative estimate of drug-likeness (QED) is 0.248. The molecular weight excluding hydrogens is 442 g/mol. The van der Waals surface area contributed by atoms with E-state index in [9.17, 15) is 0 Å². The van der Waals surface area contributed by atoms with Crippen LogP contribution in [0.15, 0.2) is 70.0 Å². The van der Waals surface area contributed by atoms with Gasteiger partial charge in [0, 0.05) is 29.4 Å². The highest BCUT2D eigenvalue weighted by molar-refractivity contribution is 6.32. The van der Waals surface area contributed by atoms with Gasteiger partial charge in [0.1, 0.15) is 11.5 Å². The molecule has 31 heavy (non-hydrogen) atoms. The van der Waals surface area contributed by atoms with Crippen LogP contribution in [0, 0.1) is 17.1 Å². The van der Waals surface area contributed by atoms with Crippen LogP contribution in [0.3, 0.4) is 0 Å². The molecule has 6 nitrogen and oxygen atoms in total. The number of aromatic nitrogens is 3. The SMILES string of the molecule is C=C(/C=C(Cl)\C=C(/C)C#N)Oc1c(Cl)ccc(Cc2nnc(-c3cccn3C)o2)c1F. The molecule has 0 fully saturated rings. The average Bonchev–Trinajstić information content (AvgIpc) is 3.35. The fourth-order valence-corrected chi connectivity index (χ4v) is 3.14. The topological polar surface area (TPSA) is 76.9 Å². The van der Waals surface area contributed by atoms with E-state index in [2.05, 4.69) is 16.8 Å². The summed E-state index contributed by atoms with van der Waals surface area (Å²) < 4.78 is 28.0. The van der Waals surface area contributed by atoms with Crippen molar-refractivity contribution in [3.63, 3.8) is 0 Å². The Balaban J connectivity index is 1.81. The van der Waals surface area contributed by atoms with Gasteiger partial charge in [-0.25, -0.2) is 4.39 Å². The van der Waals surface area contributed by atoms with E-state index in [0.29, 0.717) is 11.5 Å². The Morgan fingerprint density at radius 3 is 2.81 bits per heavy atom. The van der Waals surface area contributed by atoms with Crippen LogP contribution in [0.2, 0.25) is 5.02 Å². The summed E-state index contributed by atoms with van der Waals surface area (Å²) in [6.07, 6.45) is 4.69. The summed E-state index contributed by atoms with van der Waals surface area (Å²) in [6.45, 7) is 5.29. The van der Waals surface area contributed by atoms with Crippen molar-refractivity contribution >= 4 is 23.2 Å². The molecule has 0 spiro atoms. The second-order valence-electron chi connectivity index (χ2n) is 6.57. The maximum absolute atomic E-state index is 15.1. The summed E-state index contributed by atoms with van der Waals surface area (Å²) in [6, 6.07) is 8.65. The number of hydrogen-bond acceptors (Lipinski definition) is 5. The molecule has 0 aliphatic heterocycles. The van der Waals surface area contributed by atoms with Crippen LogP contribution >= 0.6 is 23.2 Å². The van der Waals surface area contributed by atoms with E-state index in [1.165, 1.54) is 24.3 Å². The van der Waals surface area contributed by atoms with E-state index in [1.807, 2.05) is 36.0 Å². The van der Waals surface area contributed by atoms with Gasteiger partial charge in [-0.05, 0) is 37.3 Å². The Bertz CT molecular complexity index is 1230. The van der Waals surface area contributed by atoms with Gasteiger partial charge in [-0.15, -0.1) is 10.2 Å². The molecule has 1 aromatic carbocycles. The fraction of sp³-hybridized carbons (Fsp3) is 0.136. The standard InChI is InChI=1S/C22H17Cl2FN4O2/c1-13(12-26)9-16(23)10-14(2)30-21-17(24)7-6-15(20(21)25)11-19-27-28-22(31-19)18-5-4-8-29(18)3/h4-10H,2,11H2,1,3H3/b13-9+,16-10+. The highest BCUT2D eigenvalue weighted by Crippen LogP contribution is 2.33. The number of nitrogens with zero attached hydrogens (tertiary/aromatic N) is 4. The Kier molecular flexibility index (Phi) is 6.95. The van der Waals surface area contributed by atoms with Crippen LogP contribution < -0.4 is 4.74 Å². The van der Waals surface area contributed by atoms with E-state index in [1.54, 1.807) is 6.92 Å². The van der Waals surface area contributed by atoms with Crippen molar-refractivity contribution in [2.75, 3.05) is 0 Å². The first-order chi connectivity index (χ1) is 14.8. The molecule has 9 heteroatoms. The van der Waals surface area contributed by atoms with E-state index in [4.69, 9.17) is 37.6 Å². The maximum Gasteiger partial charge on any atom is 0.264 e. The summed E-state index contributed by atoms with van der Waals surface area (Å²) >= 11 is 12.1. The van der Waals surface area contributed by atoms with Crippen molar-refractivity contribution in [3.05, 3.63) is 87.9 Å². The summed E-state index contributed by atoms with van der Waals surface area (Å²) in [5.74, 6) is -0.258. The molecule has 0 bridgehead atoms. The van der Waals surface area contributed by atoms with Crippen LogP contribution in [0.25, 0.3) is 11.6 Å². The largest absolute Gasteiger partial charge is 0.453 e. The monoisotopic (exact) mass is 458 g/mol. The molecule has 0 saturated heterocycles. The minimum atomic E-state index is -0.680. The number of ether oxygens (including phenoxy) is 1. The van der Waals surface area contributed by atoms with Gasteiger partial charge in [0.15, 0.2) is 11.6 Å². The average molecular weight is 459 g/mol. The molecule has 0 unspecified atom stereocenters. The molecular formula is C22H17Cl2FN4O2. The first kappa shape index (κ1) is 22.3. The van der Waals surface area contributed by atoms with E-state index in [-0.39, 0.29) is 39.4 Å². The molecule has 2 aromatic heterocycles. The molecule has 0 N–H and O–H groups in total. The number of aryl methyl sites for hydroxylation is 1. The van der Waals surface area contributed by atoms with E-state index >= 15 is 4.39 Å². The second-order valence-corrected chi connectivity index (χ2v) is 7.41. The van der Waals surface area contributed by atoms with E-state index < -0.39 is 5.82 Å². The molecule has 0 atom stereocenters. The normalized spacial score (nSPS) is 12.0. The van der Waals surface area contributed by atoms with Gasteiger partial charge in [0.05, 0.1) is 17.5 Å². The van der Waals surface area contributed by atoms with Crippen molar-refractivity contribution in [1.29, 1.82) is 5.26 Å². The predicted molar refractivity (Wildman–Crippen MR) is 116 cm³/mol. The van der Waals surface area contributed by atoms with Crippen LogP contribution in [-0.4, -0.2) is 14.8 Å². The minimum Gasteiger partial charge on any atom is -0.453 e. The van der Waals surface area contributed by atoms with Gasteiger partial charge in [-0.3, -0.25) is 0 Å². The van der Waals surface area contributed by atoms with Gasteiger partial charge in [0.2, 0.25) is 5.89 Å². The zero-order valence-electron chi connectivity index (χ0n) is 16.7. The van der Waals surface area contributed by atoms with Crippen molar-refractivity contribution in [3.8, 4) is 23.4 Å².